The summed E-state index contributed by atoms with van der Waals surface area (Å²) in [7, 11) is 1.74. The van der Waals surface area contributed by atoms with Gasteiger partial charge in [-0.2, -0.15) is 12.6 Å². The van der Waals surface area contributed by atoms with Gasteiger partial charge in [-0.25, -0.2) is 0 Å². The van der Waals surface area contributed by atoms with Gasteiger partial charge in [0.05, 0.1) is 0 Å². The van der Waals surface area contributed by atoms with E-state index < -0.39 is 0 Å². The van der Waals surface area contributed by atoms with Crippen molar-refractivity contribution in [3.63, 3.8) is 0 Å². The van der Waals surface area contributed by atoms with Gasteiger partial charge in [0, 0.05) is 18.5 Å². The summed E-state index contributed by atoms with van der Waals surface area (Å²) in [5.74, 6) is 0. The molecule has 0 bridgehead atoms. The molecule has 1 nitrogen and oxygen atoms in total. The maximum absolute atomic E-state index is 4.03. The minimum Gasteiger partial charge on any atom is -0.300 e. The van der Waals surface area contributed by atoms with Crippen LogP contribution in [0.1, 0.15) is 6.92 Å². The molecule has 2 heteroatoms. The van der Waals surface area contributed by atoms with Crippen LogP contribution in [0.5, 0.6) is 0 Å². The van der Waals surface area contributed by atoms with E-state index >= 15 is 0 Å². The molecule has 0 fully saturated rings. The van der Waals surface area contributed by atoms with Gasteiger partial charge in [0.2, 0.25) is 0 Å². The lowest BCUT2D eigenvalue weighted by molar-refractivity contribution is 1.32. The van der Waals surface area contributed by atoms with E-state index in [-0.39, 0.29) is 0 Å². The standard InChI is InChI=1S/C4H9NS/c1-4(6)3-5-2/h3-4,6H,1-2H3. The Balaban J connectivity index is 3.03. The molecule has 0 aliphatic rings. The van der Waals surface area contributed by atoms with Crippen molar-refractivity contribution < 1.29 is 0 Å². The van der Waals surface area contributed by atoms with Crippen molar-refractivity contribution in [2.24, 2.45) is 4.99 Å². The molecule has 0 aliphatic carbocycles. The summed E-state index contributed by atoms with van der Waals surface area (Å²) in [6.07, 6.45) is 1.78. The lowest BCUT2D eigenvalue weighted by Gasteiger charge is -1.85. The summed E-state index contributed by atoms with van der Waals surface area (Å²) < 4.78 is 0. The normalized spacial score (nSPS) is 15.8. The van der Waals surface area contributed by atoms with Crippen LogP contribution >= 0.6 is 12.6 Å². The largest absolute Gasteiger partial charge is 0.300 e. The first kappa shape index (κ1) is 6.02. The quantitative estimate of drug-likeness (QED) is 0.375. The number of hydrogen-bond acceptors (Lipinski definition) is 2. The van der Waals surface area contributed by atoms with E-state index in [1.54, 1.807) is 13.3 Å². The summed E-state index contributed by atoms with van der Waals surface area (Å²) >= 11 is 4.03. The zero-order chi connectivity index (χ0) is 4.99. The van der Waals surface area contributed by atoms with Gasteiger partial charge in [0.15, 0.2) is 0 Å². The molecule has 0 aromatic carbocycles. The fraction of sp³-hybridized carbons (Fsp3) is 0.750. The second-order valence-corrected chi connectivity index (χ2v) is 1.96. The van der Waals surface area contributed by atoms with E-state index in [1.807, 2.05) is 6.92 Å². The summed E-state index contributed by atoms with van der Waals surface area (Å²) in [5.41, 5.74) is 0. The van der Waals surface area contributed by atoms with Crippen molar-refractivity contribution in [3.8, 4) is 0 Å². The molecule has 0 heterocycles. The van der Waals surface area contributed by atoms with Crippen LogP contribution in [0.3, 0.4) is 0 Å². The van der Waals surface area contributed by atoms with Crippen molar-refractivity contribution in [1.82, 2.24) is 0 Å². The monoisotopic (exact) mass is 103 g/mol. The number of hydrogen-bond donors (Lipinski definition) is 1. The van der Waals surface area contributed by atoms with E-state index in [1.165, 1.54) is 0 Å². The molecule has 0 saturated heterocycles. The Morgan fingerprint density at radius 3 is 2.33 bits per heavy atom. The van der Waals surface area contributed by atoms with E-state index in [4.69, 9.17) is 0 Å². The Morgan fingerprint density at radius 2 is 2.33 bits per heavy atom. The molecule has 36 valence electrons. The molecule has 0 radical (unpaired) electrons. The molecule has 0 aromatic heterocycles. The predicted octanol–water partition coefficient (Wildman–Crippen LogP) is 1.01. The van der Waals surface area contributed by atoms with E-state index in [9.17, 15) is 0 Å². The van der Waals surface area contributed by atoms with Crippen LogP contribution in [0.25, 0.3) is 0 Å². The second kappa shape index (κ2) is 3.22. The van der Waals surface area contributed by atoms with E-state index in [2.05, 4.69) is 17.6 Å². The van der Waals surface area contributed by atoms with Gasteiger partial charge in [-0.15, -0.1) is 0 Å². The first-order chi connectivity index (χ1) is 2.77. The highest BCUT2D eigenvalue weighted by molar-refractivity contribution is 7.81. The molecule has 0 aromatic rings. The highest BCUT2D eigenvalue weighted by atomic mass is 32.1. The number of rotatable bonds is 1. The van der Waals surface area contributed by atoms with E-state index in [0.717, 1.165) is 0 Å². The Labute approximate surface area is 43.9 Å². The zero-order valence-corrected chi connectivity index (χ0v) is 4.94. The Kier molecular flexibility index (Phi) is 3.23. The van der Waals surface area contributed by atoms with Crippen LogP contribution < -0.4 is 0 Å². The maximum atomic E-state index is 4.03. The first-order valence-corrected chi connectivity index (χ1v) is 2.39. The Bertz CT molecular complexity index is 49.5. The van der Waals surface area contributed by atoms with E-state index in [0.29, 0.717) is 5.25 Å². The molecule has 0 aliphatic heterocycles. The van der Waals surface area contributed by atoms with Crippen molar-refractivity contribution in [2.75, 3.05) is 7.05 Å². The molecule has 0 amide bonds. The van der Waals surface area contributed by atoms with Crippen molar-refractivity contribution in [1.29, 1.82) is 0 Å². The lowest BCUT2D eigenvalue weighted by Crippen LogP contribution is -1.88. The highest BCUT2D eigenvalue weighted by Gasteiger charge is 1.79. The predicted molar refractivity (Wildman–Crippen MR) is 32.9 cm³/mol. The molecular weight excluding hydrogens is 94.1 g/mol. The molecular formula is C4H9NS. The average Bonchev–Trinajstić information content (AvgIpc) is 1.35. The average molecular weight is 103 g/mol. The third-order valence-corrected chi connectivity index (χ3v) is 0.498. The number of thiol groups is 1. The zero-order valence-electron chi connectivity index (χ0n) is 4.05. The van der Waals surface area contributed by atoms with Crippen LogP contribution in [0.15, 0.2) is 4.99 Å². The van der Waals surface area contributed by atoms with Gasteiger partial charge in [0.1, 0.15) is 0 Å². The second-order valence-electron chi connectivity index (χ2n) is 1.15. The minimum absolute atomic E-state index is 0.301. The van der Waals surface area contributed by atoms with Crippen LogP contribution in [0.2, 0.25) is 0 Å². The molecule has 0 spiro atoms. The van der Waals surface area contributed by atoms with Crippen molar-refractivity contribution >= 4 is 18.8 Å². The molecule has 1 unspecified atom stereocenters. The minimum atomic E-state index is 0.301. The SMILES string of the molecule is CN=CC(C)S. The Hall–Kier alpha value is 0.0200. The van der Waals surface area contributed by atoms with Crippen LogP contribution in [-0.2, 0) is 0 Å². The van der Waals surface area contributed by atoms with Gasteiger partial charge in [0.25, 0.3) is 0 Å². The van der Waals surface area contributed by atoms with Crippen molar-refractivity contribution in [2.45, 2.75) is 12.2 Å². The molecule has 0 N–H and O–H groups in total. The summed E-state index contributed by atoms with van der Waals surface area (Å²) in [6, 6.07) is 0. The Morgan fingerprint density at radius 1 is 1.83 bits per heavy atom. The fourth-order valence-electron chi connectivity index (χ4n) is 0.216. The van der Waals surface area contributed by atoms with Crippen molar-refractivity contribution in [3.05, 3.63) is 0 Å². The summed E-state index contributed by atoms with van der Waals surface area (Å²) in [5, 5.41) is 0.301. The summed E-state index contributed by atoms with van der Waals surface area (Å²) in [6.45, 7) is 1.97. The third kappa shape index (κ3) is 4.02. The molecule has 1 atom stereocenters. The highest BCUT2D eigenvalue weighted by Crippen LogP contribution is 1.83. The first-order valence-electron chi connectivity index (χ1n) is 1.87. The molecule has 0 saturated carbocycles. The smallest absolute Gasteiger partial charge is 0.0337 e. The van der Waals surface area contributed by atoms with Gasteiger partial charge >= 0.3 is 0 Å². The number of aliphatic imine (C=N–C) groups is 1. The molecule has 6 heavy (non-hydrogen) atoms. The number of nitrogens with zero attached hydrogens (tertiary/aromatic N) is 1. The summed E-state index contributed by atoms with van der Waals surface area (Å²) in [4.78, 5) is 3.73. The fourth-order valence-corrected chi connectivity index (χ4v) is 0.349. The van der Waals surface area contributed by atoms with Gasteiger partial charge in [-0.05, 0) is 6.92 Å². The van der Waals surface area contributed by atoms with Crippen LogP contribution in [-0.4, -0.2) is 18.5 Å². The lowest BCUT2D eigenvalue weighted by atomic mass is 10.5. The topological polar surface area (TPSA) is 12.4 Å². The third-order valence-electron chi connectivity index (χ3n) is 0.365. The molecule has 0 rings (SSSR count). The van der Waals surface area contributed by atoms with Gasteiger partial charge < -0.3 is 0 Å². The van der Waals surface area contributed by atoms with Crippen LogP contribution in [0, 0.1) is 0 Å². The van der Waals surface area contributed by atoms with Crippen LogP contribution in [0.4, 0.5) is 0 Å². The van der Waals surface area contributed by atoms with Gasteiger partial charge in [-0.3, -0.25) is 4.99 Å². The van der Waals surface area contributed by atoms with Gasteiger partial charge in [-0.1, -0.05) is 0 Å². The maximum Gasteiger partial charge on any atom is 0.0337 e.